The van der Waals surface area contributed by atoms with E-state index in [-0.39, 0.29) is 25.3 Å². The van der Waals surface area contributed by atoms with Crippen LogP contribution in [-0.4, -0.2) is 5.78 Å². The Labute approximate surface area is 117 Å². The summed E-state index contributed by atoms with van der Waals surface area (Å²) >= 11 is 0. The van der Waals surface area contributed by atoms with Gasteiger partial charge in [-0.15, -0.1) is 12.3 Å². The smallest absolute Gasteiger partial charge is 0.294 e. The Balaban J connectivity index is 3.20. The van der Waals surface area contributed by atoms with Crippen molar-refractivity contribution in [3.05, 3.63) is 34.9 Å². The van der Waals surface area contributed by atoms with Crippen molar-refractivity contribution in [2.75, 3.05) is 0 Å². The molecule has 1 rings (SSSR count). The average Bonchev–Trinajstić information content (AvgIpc) is 2.36. The lowest BCUT2D eigenvalue weighted by Crippen LogP contribution is -2.13. The molecule has 0 aromatic heterocycles. The second-order valence-corrected chi connectivity index (χ2v) is 4.28. The Morgan fingerprint density at radius 1 is 1.00 bits per heavy atom. The summed E-state index contributed by atoms with van der Waals surface area (Å²) in [6.45, 7) is 0. The van der Waals surface area contributed by atoms with Crippen molar-refractivity contribution in [2.45, 2.75) is 31.6 Å². The van der Waals surface area contributed by atoms with E-state index >= 15 is 0 Å². The van der Waals surface area contributed by atoms with Crippen molar-refractivity contribution < 1.29 is 31.1 Å². The van der Waals surface area contributed by atoms with Gasteiger partial charge in [0.05, 0.1) is 11.1 Å². The number of hydrogen-bond acceptors (Lipinski definition) is 1. The highest BCUT2D eigenvalue weighted by Gasteiger charge is 2.37. The van der Waals surface area contributed by atoms with Gasteiger partial charge in [0.2, 0.25) is 0 Å². The van der Waals surface area contributed by atoms with Gasteiger partial charge >= 0.3 is 12.4 Å². The van der Waals surface area contributed by atoms with Crippen LogP contribution in [0.4, 0.5) is 26.3 Å². The SMILES string of the molecule is C#CCCCC(=O)c1cc(C(F)(F)F)cc(C(F)(F)F)c1. The van der Waals surface area contributed by atoms with Crippen molar-refractivity contribution in [3.63, 3.8) is 0 Å². The molecule has 1 aromatic carbocycles. The van der Waals surface area contributed by atoms with Gasteiger partial charge in [-0.25, -0.2) is 0 Å². The highest BCUT2D eigenvalue weighted by molar-refractivity contribution is 5.96. The number of carbonyl (C=O) groups is 1. The molecule has 0 N–H and O–H groups in total. The zero-order valence-electron chi connectivity index (χ0n) is 10.6. The average molecular weight is 308 g/mol. The van der Waals surface area contributed by atoms with Crippen LogP contribution in [-0.2, 0) is 12.4 Å². The van der Waals surface area contributed by atoms with E-state index in [9.17, 15) is 31.1 Å². The van der Waals surface area contributed by atoms with E-state index in [0.29, 0.717) is 12.1 Å². The van der Waals surface area contributed by atoms with Crippen LogP contribution in [0.2, 0.25) is 0 Å². The molecule has 114 valence electrons. The topological polar surface area (TPSA) is 17.1 Å². The van der Waals surface area contributed by atoms with Gasteiger partial charge in [0, 0.05) is 18.4 Å². The first-order valence-electron chi connectivity index (χ1n) is 5.82. The van der Waals surface area contributed by atoms with Gasteiger partial charge < -0.3 is 0 Å². The number of Topliss-reactive ketones (excluding diaryl/α,β-unsaturated/α-hetero) is 1. The predicted molar refractivity (Wildman–Crippen MR) is 63.5 cm³/mol. The van der Waals surface area contributed by atoms with Crippen molar-refractivity contribution in [1.29, 1.82) is 0 Å². The van der Waals surface area contributed by atoms with Crippen LogP contribution in [0, 0.1) is 12.3 Å². The summed E-state index contributed by atoms with van der Waals surface area (Å²) in [4.78, 5) is 11.7. The number of ketones is 1. The van der Waals surface area contributed by atoms with Crippen LogP contribution in [0.25, 0.3) is 0 Å². The zero-order chi connectivity index (χ0) is 16.3. The molecular weight excluding hydrogens is 298 g/mol. The zero-order valence-corrected chi connectivity index (χ0v) is 10.6. The number of carbonyl (C=O) groups excluding carboxylic acids is 1. The molecule has 0 spiro atoms. The summed E-state index contributed by atoms with van der Waals surface area (Å²) in [7, 11) is 0. The molecule has 0 aliphatic rings. The molecule has 0 heterocycles. The van der Waals surface area contributed by atoms with Crippen LogP contribution >= 0.6 is 0 Å². The fourth-order valence-electron chi connectivity index (χ4n) is 1.61. The summed E-state index contributed by atoms with van der Waals surface area (Å²) < 4.78 is 75.6. The molecule has 21 heavy (non-hydrogen) atoms. The molecule has 0 aliphatic carbocycles. The largest absolute Gasteiger partial charge is 0.416 e. The molecule has 0 bridgehead atoms. The Hall–Kier alpha value is -1.97. The normalized spacial score (nSPS) is 12.0. The van der Waals surface area contributed by atoms with E-state index in [2.05, 4.69) is 5.92 Å². The summed E-state index contributed by atoms with van der Waals surface area (Å²) in [6, 6.07) is 0.832. The van der Waals surface area contributed by atoms with Gasteiger partial charge in [0.15, 0.2) is 5.78 Å². The lowest BCUT2D eigenvalue weighted by molar-refractivity contribution is -0.143. The van der Waals surface area contributed by atoms with E-state index in [1.54, 1.807) is 0 Å². The molecule has 0 fully saturated rings. The first-order chi connectivity index (χ1) is 9.55. The van der Waals surface area contributed by atoms with Gasteiger partial charge in [-0.2, -0.15) is 26.3 Å². The molecule has 0 aliphatic heterocycles. The number of rotatable bonds is 4. The molecular formula is C14H10F6O. The van der Waals surface area contributed by atoms with E-state index < -0.39 is 34.8 Å². The molecule has 1 aromatic rings. The Bertz CT molecular complexity index is 530. The molecule has 0 atom stereocenters. The Morgan fingerprint density at radius 3 is 1.86 bits per heavy atom. The second-order valence-electron chi connectivity index (χ2n) is 4.28. The summed E-state index contributed by atoms with van der Waals surface area (Å²) in [5.41, 5.74) is -3.62. The third kappa shape index (κ3) is 4.81. The Kier molecular flexibility index (Phi) is 5.05. The highest BCUT2D eigenvalue weighted by Crippen LogP contribution is 2.36. The van der Waals surface area contributed by atoms with Gasteiger partial charge in [-0.05, 0) is 24.6 Å². The lowest BCUT2D eigenvalue weighted by Gasteiger charge is -2.13. The number of hydrogen-bond donors (Lipinski definition) is 0. The quantitative estimate of drug-likeness (QED) is 0.341. The molecule has 7 heteroatoms. The summed E-state index contributed by atoms with van der Waals surface area (Å²) in [5.74, 6) is 1.43. The molecule has 0 amide bonds. The van der Waals surface area contributed by atoms with E-state index in [0.717, 1.165) is 0 Å². The molecule has 0 saturated carbocycles. The second kappa shape index (κ2) is 6.20. The van der Waals surface area contributed by atoms with Gasteiger partial charge in [0.25, 0.3) is 0 Å². The molecule has 0 saturated heterocycles. The summed E-state index contributed by atoms with van der Waals surface area (Å²) in [6.07, 6.45) is -4.75. The van der Waals surface area contributed by atoms with Crippen LogP contribution in [0.5, 0.6) is 0 Å². The van der Waals surface area contributed by atoms with E-state index in [1.165, 1.54) is 0 Å². The number of unbranched alkanes of at least 4 members (excludes halogenated alkanes) is 1. The lowest BCUT2D eigenvalue weighted by atomic mass is 9.99. The third-order valence-corrected chi connectivity index (χ3v) is 2.63. The minimum absolute atomic E-state index is 0.0157. The van der Waals surface area contributed by atoms with Crippen LogP contribution in [0.3, 0.4) is 0 Å². The van der Waals surface area contributed by atoms with Crippen LogP contribution in [0.15, 0.2) is 18.2 Å². The Morgan fingerprint density at radius 2 is 1.48 bits per heavy atom. The first-order valence-corrected chi connectivity index (χ1v) is 5.82. The van der Waals surface area contributed by atoms with Crippen molar-refractivity contribution >= 4 is 5.78 Å². The number of alkyl halides is 6. The molecule has 0 radical (unpaired) electrons. The van der Waals surface area contributed by atoms with Crippen molar-refractivity contribution in [1.82, 2.24) is 0 Å². The maximum atomic E-state index is 12.6. The predicted octanol–water partition coefficient (Wildman–Crippen LogP) is 4.71. The fourth-order valence-corrected chi connectivity index (χ4v) is 1.61. The van der Waals surface area contributed by atoms with Crippen LogP contribution < -0.4 is 0 Å². The molecule has 1 nitrogen and oxygen atoms in total. The molecule has 0 unspecified atom stereocenters. The van der Waals surface area contributed by atoms with Crippen molar-refractivity contribution in [3.8, 4) is 12.3 Å². The minimum Gasteiger partial charge on any atom is -0.294 e. The number of terminal acetylenes is 1. The van der Waals surface area contributed by atoms with Gasteiger partial charge in [0.1, 0.15) is 0 Å². The maximum absolute atomic E-state index is 12.6. The third-order valence-electron chi connectivity index (χ3n) is 2.63. The monoisotopic (exact) mass is 308 g/mol. The van der Waals surface area contributed by atoms with E-state index in [4.69, 9.17) is 6.42 Å². The fraction of sp³-hybridized carbons (Fsp3) is 0.357. The van der Waals surface area contributed by atoms with Crippen LogP contribution in [0.1, 0.15) is 40.7 Å². The summed E-state index contributed by atoms with van der Waals surface area (Å²) in [5, 5.41) is 0. The van der Waals surface area contributed by atoms with Crippen molar-refractivity contribution in [2.24, 2.45) is 0 Å². The number of halogens is 6. The van der Waals surface area contributed by atoms with Gasteiger partial charge in [-0.3, -0.25) is 4.79 Å². The maximum Gasteiger partial charge on any atom is 0.416 e. The number of benzene rings is 1. The first kappa shape index (κ1) is 17.1. The van der Waals surface area contributed by atoms with Gasteiger partial charge in [-0.1, -0.05) is 0 Å². The standard InChI is InChI=1S/C14H10F6O/c1-2-3-4-5-12(21)9-6-10(13(15,16)17)8-11(7-9)14(18,19)20/h1,6-8H,3-5H2. The highest BCUT2D eigenvalue weighted by atomic mass is 19.4. The minimum atomic E-state index is -4.96. The van der Waals surface area contributed by atoms with E-state index in [1.807, 2.05) is 0 Å².